The van der Waals surface area contributed by atoms with E-state index in [0.717, 1.165) is 0 Å². The van der Waals surface area contributed by atoms with Gasteiger partial charge in [0.15, 0.2) is 0 Å². The SMILES string of the molecule is COC(=O)c1ccccc1N(C)c1ccccc1[N+](=O)[O-]. The highest BCUT2D eigenvalue weighted by Gasteiger charge is 2.21. The van der Waals surface area contributed by atoms with E-state index in [0.29, 0.717) is 16.9 Å². The summed E-state index contributed by atoms with van der Waals surface area (Å²) in [6.45, 7) is 0. The highest BCUT2D eigenvalue weighted by atomic mass is 16.6. The van der Waals surface area contributed by atoms with Crippen molar-refractivity contribution in [3.8, 4) is 0 Å². The first kappa shape index (κ1) is 14.5. The lowest BCUT2D eigenvalue weighted by Crippen LogP contribution is -2.16. The van der Waals surface area contributed by atoms with Crippen molar-refractivity contribution in [3.05, 3.63) is 64.2 Å². The Balaban J connectivity index is 2.53. The quantitative estimate of drug-likeness (QED) is 0.490. The molecule has 6 nitrogen and oxygen atoms in total. The summed E-state index contributed by atoms with van der Waals surface area (Å²) >= 11 is 0. The lowest BCUT2D eigenvalue weighted by atomic mass is 10.1. The number of carbonyl (C=O) groups is 1. The van der Waals surface area contributed by atoms with Crippen LogP contribution in [0, 0.1) is 10.1 Å². The molecule has 2 aromatic rings. The first-order valence-electron chi connectivity index (χ1n) is 6.20. The Labute approximate surface area is 121 Å². The van der Waals surface area contributed by atoms with E-state index in [-0.39, 0.29) is 5.69 Å². The topological polar surface area (TPSA) is 72.7 Å². The van der Waals surface area contributed by atoms with Crippen molar-refractivity contribution in [2.24, 2.45) is 0 Å². The summed E-state index contributed by atoms with van der Waals surface area (Å²) in [6.07, 6.45) is 0. The molecule has 0 saturated carbocycles. The van der Waals surface area contributed by atoms with Crippen molar-refractivity contribution in [1.82, 2.24) is 0 Å². The number of carbonyl (C=O) groups excluding carboxylic acids is 1. The first-order chi connectivity index (χ1) is 10.1. The standard InChI is InChI=1S/C15H14N2O4/c1-16(13-9-5-6-10-14(13)17(19)20)12-8-4-3-7-11(12)15(18)21-2/h3-10H,1-2H3. The highest BCUT2D eigenvalue weighted by molar-refractivity contribution is 5.97. The van der Waals surface area contributed by atoms with Crippen molar-refractivity contribution in [1.29, 1.82) is 0 Å². The number of nitrogens with zero attached hydrogens (tertiary/aromatic N) is 2. The zero-order valence-electron chi connectivity index (χ0n) is 11.6. The van der Waals surface area contributed by atoms with Gasteiger partial charge >= 0.3 is 5.97 Å². The molecule has 2 rings (SSSR count). The number of nitro benzene ring substituents is 1. The van der Waals surface area contributed by atoms with Crippen LogP contribution in [0.15, 0.2) is 48.5 Å². The van der Waals surface area contributed by atoms with E-state index in [1.807, 2.05) is 0 Å². The number of hydrogen-bond donors (Lipinski definition) is 0. The largest absolute Gasteiger partial charge is 0.465 e. The smallest absolute Gasteiger partial charge is 0.339 e. The maximum absolute atomic E-state index is 11.8. The molecule has 0 spiro atoms. The molecule has 0 N–H and O–H groups in total. The van der Waals surface area contributed by atoms with Crippen LogP contribution in [0.25, 0.3) is 0 Å². The number of methoxy groups -OCH3 is 1. The number of ether oxygens (including phenoxy) is 1. The normalized spacial score (nSPS) is 10.0. The van der Waals surface area contributed by atoms with E-state index in [9.17, 15) is 14.9 Å². The van der Waals surface area contributed by atoms with Crippen LogP contribution in [0.3, 0.4) is 0 Å². The van der Waals surface area contributed by atoms with Crippen LogP contribution in [-0.4, -0.2) is 25.1 Å². The average molecular weight is 286 g/mol. The summed E-state index contributed by atoms with van der Waals surface area (Å²) < 4.78 is 4.74. The minimum atomic E-state index is -0.490. The summed E-state index contributed by atoms with van der Waals surface area (Å²) in [6, 6.07) is 13.2. The fourth-order valence-corrected chi connectivity index (χ4v) is 2.08. The van der Waals surface area contributed by atoms with Gasteiger partial charge in [-0.1, -0.05) is 24.3 Å². The Hall–Kier alpha value is -2.89. The number of rotatable bonds is 4. The summed E-state index contributed by atoms with van der Waals surface area (Å²) in [5, 5.41) is 11.1. The molecule has 0 amide bonds. The number of nitro groups is 1. The minimum absolute atomic E-state index is 0.0281. The van der Waals surface area contributed by atoms with Crippen molar-refractivity contribution < 1.29 is 14.5 Å². The molecule has 0 aliphatic carbocycles. The maximum atomic E-state index is 11.8. The van der Waals surface area contributed by atoms with E-state index in [1.54, 1.807) is 54.4 Å². The molecule has 0 aromatic heterocycles. The zero-order valence-corrected chi connectivity index (χ0v) is 11.6. The number of para-hydroxylation sites is 3. The molecule has 108 valence electrons. The van der Waals surface area contributed by atoms with Gasteiger partial charge in [-0.05, 0) is 18.2 Å². The summed E-state index contributed by atoms with van der Waals surface area (Å²) in [5.74, 6) is -0.490. The van der Waals surface area contributed by atoms with Gasteiger partial charge in [0.1, 0.15) is 5.69 Å². The second-order valence-corrected chi connectivity index (χ2v) is 4.31. The van der Waals surface area contributed by atoms with Crippen LogP contribution in [-0.2, 0) is 4.74 Å². The first-order valence-corrected chi connectivity index (χ1v) is 6.20. The van der Waals surface area contributed by atoms with Crippen molar-refractivity contribution in [3.63, 3.8) is 0 Å². The number of hydrogen-bond acceptors (Lipinski definition) is 5. The third-order valence-corrected chi connectivity index (χ3v) is 3.11. The van der Waals surface area contributed by atoms with Gasteiger partial charge in [0.2, 0.25) is 0 Å². The minimum Gasteiger partial charge on any atom is -0.465 e. The Morgan fingerprint density at radius 2 is 1.67 bits per heavy atom. The number of benzene rings is 2. The Morgan fingerprint density at radius 3 is 2.29 bits per heavy atom. The molecular weight excluding hydrogens is 272 g/mol. The fraction of sp³-hybridized carbons (Fsp3) is 0.133. The average Bonchev–Trinajstić information content (AvgIpc) is 2.53. The lowest BCUT2D eigenvalue weighted by molar-refractivity contribution is -0.384. The van der Waals surface area contributed by atoms with Gasteiger partial charge in [-0.3, -0.25) is 10.1 Å². The third kappa shape index (κ3) is 2.84. The molecule has 0 heterocycles. The molecule has 0 aliphatic rings. The van der Waals surface area contributed by atoms with E-state index >= 15 is 0 Å². The van der Waals surface area contributed by atoms with Crippen LogP contribution in [0.1, 0.15) is 10.4 Å². The molecule has 0 bridgehead atoms. The Morgan fingerprint density at radius 1 is 1.10 bits per heavy atom. The molecule has 2 aromatic carbocycles. The predicted molar refractivity (Wildman–Crippen MR) is 78.9 cm³/mol. The fourth-order valence-electron chi connectivity index (χ4n) is 2.08. The van der Waals surface area contributed by atoms with E-state index < -0.39 is 10.9 Å². The van der Waals surface area contributed by atoms with Gasteiger partial charge in [0, 0.05) is 13.1 Å². The van der Waals surface area contributed by atoms with Crippen LogP contribution in [0.4, 0.5) is 17.1 Å². The number of esters is 1. The molecule has 0 aliphatic heterocycles. The number of anilines is 2. The van der Waals surface area contributed by atoms with Crippen LogP contribution < -0.4 is 4.90 Å². The molecule has 0 atom stereocenters. The van der Waals surface area contributed by atoms with E-state index in [1.165, 1.54) is 13.2 Å². The van der Waals surface area contributed by atoms with Crippen molar-refractivity contribution in [2.75, 3.05) is 19.1 Å². The molecule has 6 heteroatoms. The van der Waals surface area contributed by atoms with E-state index in [4.69, 9.17) is 4.74 Å². The molecule has 0 radical (unpaired) electrons. The molecule has 0 unspecified atom stereocenters. The second kappa shape index (κ2) is 6.04. The van der Waals surface area contributed by atoms with E-state index in [2.05, 4.69) is 0 Å². The van der Waals surface area contributed by atoms with Crippen molar-refractivity contribution in [2.45, 2.75) is 0 Å². The Bertz CT molecular complexity index is 685. The summed E-state index contributed by atoms with van der Waals surface area (Å²) in [5.41, 5.74) is 1.26. The molecular formula is C15H14N2O4. The maximum Gasteiger partial charge on any atom is 0.339 e. The molecule has 0 fully saturated rings. The summed E-state index contributed by atoms with van der Waals surface area (Å²) in [7, 11) is 2.97. The van der Waals surface area contributed by atoms with Crippen molar-refractivity contribution >= 4 is 23.0 Å². The second-order valence-electron chi connectivity index (χ2n) is 4.31. The van der Waals surface area contributed by atoms with Gasteiger partial charge in [-0.15, -0.1) is 0 Å². The van der Waals surface area contributed by atoms with Gasteiger partial charge in [-0.25, -0.2) is 4.79 Å². The van der Waals surface area contributed by atoms with Gasteiger partial charge < -0.3 is 9.64 Å². The lowest BCUT2D eigenvalue weighted by Gasteiger charge is -2.21. The monoisotopic (exact) mass is 286 g/mol. The zero-order chi connectivity index (χ0) is 15.4. The summed E-state index contributed by atoms with van der Waals surface area (Å²) in [4.78, 5) is 24.1. The predicted octanol–water partition coefficient (Wildman–Crippen LogP) is 3.15. The van der Waals surface area contributed by atoms with Gasteiger partial charge in [0.25, 0.3) is 5.69 Å². The third-order valence-electron chi connectivity index (χ3n) is 3.11. The van der Waals surface area contributed by atoms with Gasteiger partial charge in [0.05, 0.1) is 23.3 Å². The Kier molecular flexibility index (Phi) is 4.18. The van der Waals surface area contributed by atoms with Crippen LogP contribution in [0.5, 0.6) is 0 Å². The van der Waals surface area contributed by atoms with Crippen LogP contribution >= 0.6 is 0 Å². The molecule has 0 saturated heterocycles. The highest BCUT2D eigenvalue weighted by Crippen LogP contribution is 2.33. The van der Waals surface area contributed by atoms with Gasteiger partial charge in [-0.2, -0.15) is 0 Å². The van der Waals surface area contributed by atoms with Crippen LogP contribution in [0.2, 0.25) is 0 Å². The molecule has 21 heavy (non-hydrogen) atoms.